The van der Waals surface area contributed by atoms with Crippen LogP contribution >= 0.6 is 11.8 Å². The molecule has 1 amide bonds. The Labute approximate surface area is 192 Å². The molecular formula is C24H26N6OS. The summed E-state index contributed by atoms with van der Waals surface area (Å²) in [5.74, 6) is 0.283. The molecule has 164 valence electrons. The van der Waals surface area contributed by atoms with Crippen LogP contribution in [-0.4, -0.2) is 29.5 Å². The quantitative estimate of drug-likeness (QED) is 0.512. The van der Waals surface area contributed by atoms with E-state index < -0.39 is 11.2 Å². The van der Waals surface area contributed by atoms with E-state index in [1.807, 2.05) is 37.3 Å². The lowest BCUT2D eigenvalue weighted by atomic mass is 9.91. The third-order valence-corrected chi connectivity index (χ3v) is 7.42. The van der Waals surface area contributed by atoms with E-state index >= 15 is 0 Å². The molecule has 1 aromatic heterocycles. The molecule has 1 aliphatic carbocycles. The molecule has 2 aromatic rings. The zero-order valence-electron chi connectivity index (χ0n) is 18.0. The number of amides is 1. The van der Waals surface area contributed by atoms with E-state index in [1.165, 1.54) is 11.8 Å². The molecule has 2 aliphatic rings. The summed E-state index contributed by atoms with van der Waals surface area (Å²) in [6.07, 6.45) is 3.48. The molecular weight excluding hydrogens is 420 g/mol. The number of pyridine rings is 1. The highest BCUT2D eigenvalue weighted by Crippen LogP contribution is 2.51. The zero-order valence-corrected chi connectivity index (χ0v) is 18.9. The maximum absolute atomic E-state index is 12.3. The molecule has 32 heavy (non-hydrogen) atoms. The first-order valence-electron chi connectivity index (χ1n) is 10.7. The highest BCUT2D eigenvalue weighted by Gasteiger charge is 2.36. The van der Waals surface area contributed by atoms with Gasteiger partial charge in [-0.2, -0.15) is 5.26 Å². The van der Waals surface area contributed by atoms with E-state index in [0.717, 1.165) is 36.8 Å². The summed E-state index contributed by atoms with van der Waals surface area (Å²) >= 11 is 1.20. The van der Waals surface area contributed by atoms with Crippen molar-refractivity contribution < 1.29 is 4.79 Å². The van der Waals surface area contributed by atoms with Gasteiger partial charge in [-0.25, -0.2) is 9.83 Å². The number of benzene rings is 1. The molecule has 1 saturated carbocycles. The number of nitriles is 1. The number of carbonyl (C=O) groups is 1. The zero-order chi connectivity index (χ0) is 22.9. The number of rotatable bonds is 6. The summed E-state index contributed by atoms with van der Waals surface area (Å²) in [6.45, 7) is 11.3. The second-order valence-corrected chi connectivity index (χ2v) is 9.92. The van der Waals surface area contributed by atoms with Crippen LogP contribution in [-0.2, 0) is 4.79 Å². The fraction of sp³-hybridized carbons (Fsp3) is 0.417. The van der Waals surface area contributed by atoms with E-state index in [0.29, 0.717) is 35.2 Å². The number of anilines is 1. The molecule has 0 radical (unpaired) electrons. The Hall–Kier alpha value is -3.07. The topological polar surface area (TPSA) is 113 Å². The van der Waals surface area contributed by atoms with Gasteiger partial charge in [0.15, 0.2) is 0 Å². The number of thioether (sulfide) groups is 1. The van der Waals surface area contributed by atoms with Crippen LogP contribution in [0.15, 0.2) is 35.4 Å². The Morgan fingerprint density at radius 3 is 2.53 bits per heavy atom. The second-order valence-electron chi connectivity index (χ2n) is 8.83. The van der Waals surface area contributed by atoms with Gasteiger partial charge in [0.1, 0.15) is 22.2 Å². The summed E-state index contributed by atoms with van der Waals surface area (Å²) in [7, 11) is 0. The smallest absolute Gasteiger partial charge is 0.235 e. The third-order valence-electron chi connectivity index (χ3n) is 6.16. The number of piperidine rings is 1. The summed E-state index contributed by atoms with van der Waals surface area (Å²) in [4.78, 5) is 23.1. The fourth-order valence-electron chi connectivity index (χ4n) is 4.11. The maximum atomic E-state index is 12.3. The van der Waals surface area contributed by atoms with Gasteiger partial charge in [0.2, 0.25) is 11.6 Å². The van der Waals surface area contributed by atoms with Crippen molar-refractivity contribution in [2.24, 2.45) is 11.5 Å². The monoisotopic (exact) mass is 446 g/mol. The van der Waals surface area contributed by atoms with Crippen molar-refractivity contribution >= 4 is 29.2 Å². The summed E-state index contributed by atoms with van der Waals surface area (Å²) in [5.41, 5.74) is 14.2. The molecule has 1 unspecified atom stereocenters. The Bertz CT molecular complexity index is 1100. The minimum Gasteiger partial charge on any atom is -0.368 e. The lowest BCUT2D eigenvalue weighted by Gasteiger charge is -2.38. The van der Waals surface area contributed by atoms with Crippen LogP contribution in [0.1, 0.15) is 60.5 Å². The van der Waals surface area contributed by atoms with Gasteiger partial charge in [-0.15, -0.1) is 0 Å². The first-order chi connectivity index (χ1) is 15.3. The van der Waals surface area contributed by atoms with Crippen molar-refractivity contribution in [1.82, 2.24) is 4.98 Å². The number of hydrogen-bond donors (Lipinski definition) is 2. The van der Waals surface area contributed by atoms with Gasteiger partial charge in [-0.1, -0.05) is 42.1 Å². The summed E-state index contributed by atoms with van der Waals surface area (Å²) in [6, 6.07) is 11.6. The predicted molar refractivity (Wildman–Crippen MR) is 125 cm³/mol. The maximum Gasteiger partial charge on any atom is 0.235 e. The Kier molecular flexibility index (Phi) is 6.10. The van der Waals surface area contributed by atoms with Crippen molar-refractivity contribution in [2.45, 2.75) is 54.3 Å². The van der Waals surface area contributed by atoms with Crippen LogP contribution in [0.2, 0.25) is 0 Å². The second kappa shape index (κ2) is 8.82. The number of aromatic nitrogens is 1. The number of primary amides is 1. The minimum atomic E-state index is -0.678. The molecule has 0 spiro atoms. The molecule has 4 rings (SSSR count). The van der Waals surface area contributed by atoms with Gasteiger partial charge in [-0.3, -0.25) is 4.79 Å². The highest BCUT2D eigenvalue weighted by atomic mass is 32.2. The number of carbonyl (C=O) groups excluding carboxylic acids is 1. The SMILES string of the molecule is [C-]#[N+]c1c(N2CCC(C)(N)CC2)nc(SC(C(N)=O)c2ccccc2)c(C#N)c1C1CC1. The van der Waals surface area contributed by atoms with Gasteiger partial charge in [0, 0.05) is 18.6 Å². The molecule has 1 atom stereocenters. The lowest BCUT2D eigenvalue weighted by Crippen LogP contribution is -2.48. The van der Waals surface area contributed by atoms with E-state index in [2.05, 4.69) is 15.8 Å². The predicted octanol–water partition coefficient (Wildman–Crippen LogP) is 4.02. The summed E-state index contributed by atoms with van der Waals surface area (Å²) in [5, 5.41) is 9.82. The molecule has 2 fully saturated rings. The Morgan fingerprint density at radius 1 is 1.34 bits per heavy atom. The normalized spacial score (nSPS) is 18.4. The molecule has 0 bridgehead atoms. The molecule has 4 N–H and O–H groups in total. The molecule has 1 aromatic carbocycles. The van der Waals surface area contributed by atoms with Crippen LogP contribution in [0, 0.1) is 17.9 Å². The molecule has 1 saturated heterocycles. The third kappa shape index (κ3) is 4.43. The Morgan fingerprint density at radius 2 is 2.00 bits per heavy atom. The van der Waals surface area contributed by atoms with Crippen molar-refractivity contribution in [3.63, 3.8) is 0 Å². The Balaban J connectivity index is 1.81. The van der Waals surface area contributed by atoms with Crippen molar-refractivity contribution in [2.75, 3.05) is 18.0 Å². The van der Waals surface area contributed by atoms with Gasteiger partial charge in [0.25, 0.3) is 0 Å². The number of nitrogens with zero attached hydrogens (tertiary/aromatic N) is 4. The molecule has 2 heterocycles. The standard InChI is InChI=1S/C24H26N6OS/c1-24(27)10-12-30(13-11-24)22-19(28-2)18(15-8-9-15)17(14-25)23(29-22)32-20(21(26)31)16-6-4-3-5-7-16/h3-7,15,20H,8-13,27H2,1H3,(H2,26,31). The van der Waals surface area contributed by atoms with Crippen molar-refractivity contribution in [3.05, 3.63) is 58.4 Å². The molecule has 1 aliphatic heterocycles. The largest absolute Gasteiger partial charge is 0.368 e. The van der Waals surface area contributed by atoms with Crippen LogP contribution in [0.5, 0.6) is 0 Å². The van der Waals surface area contributed by atoms with Crippen molar-refractivity contribution in [3.8, 4) is 6.07 Å². The van der Waals surface area contributed by atoms with Crippen LogP contribution in [0.3, 0.4) is 0 Å². The molecule has 8 heteroatoms. The minimum absolute atomic E-state index is 0.183. The van der Waals surface area contributed by atoms with Crippen LogP contribution in [0.25, 0.3) is 4.85 Å². The van der Waals surface area contributed by atoms with E-state index in [9.17, 15) is 10.1 Å². The fourth-order valence-corrected chi connectivity index (χ4v) is 5.16. The van der Waals surface area contributed by atoms with Gasteiger partial charge >= 0.3 is 0 Å². The van der Waals surface area contributed by atoms with Gasteiger partial charge in [-0.05, 0) is 49.7 Å². The van der Waals surface area contributed by atoms with Crippen LogP contribution in [0.4, 0.5) is 11.5 Å². The first-order valence-corrected chi connectivity index (χ1v) is 11.6. The number of nitrogens with two attached hydrogens (primary N) is 2. The van der Waals surface area contributed by atoms with E-state index in [-0.39, 0.29) is 11.5 Å². The lowest BCUT2D eigenvalue weighted by molar-refractivity contribution is -0.117. The number of hydrogen-bond acceptors (Lipinski definition) is 6. The van der Waals surface area contributed by atoms with Gasteiger partial charge < -0.3 is 16.4 Å². The van der Waals surface area contributed by atoms with E-state index in [4.69, 9.17) is 23.0 Å². The average Bonchev–Trinajstić information content (AvgIpc) is 3.62. The molecule has 7 nitrogen and oxygen atoms in total. The van der Waals surface area contributed by atoms with Crippen LogP contribution < -0.4 is 16.4 Å². The first kappa shape index (κ1) is 22.1. The summed E-state index contributed by atoms with van der Waals surface area (Å²) < 4.78 is 0. The van der Waals surface area contributed by atoms with Gasteiger partial charge in [0.05, 0.1) is 12.1 Å². The van der Waals surface area contributed by atoms with E-state index in [1.54, 1.807) is 0 Å². The average molecular weight is 447 g/mol. The highest BCUT2D eigenvalue weighted by molar-refractivity contribution is 8.00. The van der Waals surface area contributed by atoms with Crippen molar-refractivity contribution in [1.29, 1.82) is 5.26 Å².